The molecule has 0 bridgehead atoms. The van der Waals surface area contributed by atoms with Gasteiger partial charge in [0.2, 0.25) is 0 Å². The zero-order valence-electron chi connectivity index (χ0n) is 10.1. The van der Waals surface area contributed by atoms with E-state index in [0.717, 1.165) is 6.42 Å². The predicted octanol–water partition coefficient (Wildman–Crippen LogP) is 2.41. The summed E-state index contributed by atoms with van der Waals surface area (Å²) in [7, 11) is 0. The van der Waals surface area contributed by atoms with E-state index in [-0.39, 0.29) is 0 Å². The molecule has 0 aromatic heterocycles. The van der Waals surface area contributed by atoms with Crippen LogP contribution in [0, 0.1) is 0 Å². The van der Waals surface area contributed by atoms with E-state index < -0.39 is 11.7 Å². The number of ketones is 1. The molecule has 1 aliphatic heterocycles. The molecular formula is C13H14BrNO3. The van der Waals surface area contributed by atoms with Gasteiger partial charge in [0.25, 0.3) is 11.7 Å². The van der Waals surface area contributed by atoms with E-state index in [4.69, 9.17) is 4.74 Å². The minimum atomic E-state index is -0.475. The van der Waals surface area contributed by atoms with Crippen LogP contribution in [-0.4, -0.2) is 31.4 Å². The van der Waals surface area contributed by atoms with Crippen molar-refractivity contribution in [3.63, 3.8) is 0 Å². The predicted molar refractivity (Wildman–Crippen MR) is 71.9 cm³/mol. The number of ether oxygens (including phenoxy) is 1. The monoisotopic (exact) mass is 311 g/mol. The van der Waals surface area contributed by atoms with Crippen LogP contribution in [-0.2, 0) is 9.53 Å². The van der Waals surface area contributed by atoms with Crippen LogP contribution in [0.15, 0.2) is 22.7 Å². The van der Waals surface area contributed by atoms with Crippen molar-refractivity contribution >= 4 is 33.3 Å². The Hall–Kier alpha value is -1.20. The molecule has 0 aliphatic carbocycles. The van der Waals surface area contributed by atoms with E-state index in [0.29, 0.717) is 35.5 Å². The zero-order chi connectivity index (χ0) is 13.1. The minimum absolute atomic E-state index is 0.411. The highest BCUT2D eigenvalue weighted by atomic mass is 79.9. The molecule has 0 N–H and O–H groups in total. The molecule has 1 aromatic rings. The molecule has 0 saturated carbocycles. The fraction of sp³-hybridized carbons (Fsp3) is 0.385. The Bertz CT molecular complexity index is 487. The smallest absolute Gasteiger partial charge is 0.299 e. The molecule has 0 atom stereocenters. The second kappa shape index (κ2) is 5.63. The molecule has 5 heteroatoms. The van der Waals surface area contributed by atoms with Gasteiger partial charge in [-0.3, -0.25) is 9.59 Å². The van der Waals surface area contributed by atoms with E-state index in [1.54, 1.807) is 12.1 Å². The Morgan fingerprint density at radius 1 is 1.28 bits per heavy atom. The van der Waals surface area contributed by atoms with Crippen LogP contribution in [0.4, 0.5) is 5.69 Å². The molecule has 1 amide bonds. The number of hydrogen-bond acceptors (Lipinski definition) is 3. The highest BCUT2D eigenvalue weighted by Crippen LogP contribution is 2.33. The van der Waals surface area contributed by atoms with Crippen LogP contribution in [0.2, 0.25) is 0 Å². The zero-order valence-corrected chi connectivity index (χ0v) is 11.7. The molecule has 1 aromatic carbocycles. The van der Waals surface area contributed by atoms with Crippen LogP contribution in [0.3, 0.4) is 0 Å². The normalized spacial score (nSPS) is 14.2. The first-order valence-corrected chi connectivity index (χ1v) is 6.68. The first-order valence-electron chi connectivity index (χ1n) is 5.89. The standard InChI is InChI=1S/C13H14BrNO3/c1-2-7-18-8-6-15-10-5-3-4-9(14)11(10)12(16)13(15)17/h3-5H,2,6-8H2,1H3. The number of benzene rings is 1. The van der Waals surface area contributed by atoms with Gasteiger partial charge in [0, 0.05) is 17.6 Å². The Morgan fingerprint density at radius 2 is 2.06 bits per heavy atom. The first kappa shape index (κ1) is 13.2. The van der Waals surface area contributed by atoms with Gasteiger partial charge in [0.05, 0.1) is 17.9 Å². The van der Waals surface area contributed by atoms with Crippen LogP contribution < -0.4 is 4.90 Å². The molecule has 0 fully saturated rings. The summed E-state index contributed by atoms with van der Waals surface area (Å²) in [5, 5.41) is 0. The SMILES string of the molecule is CCCOCCN1C(=O)C(=O)c2c(Br)cccc21. The molecule has 4 nitrogen and oxygen atoms in total. The molecule has 18 heavy (non-hydrogen) atoms. The van der Waals surface area contributed by atoms with Crippen LogP contribution in [0.25, 0.3) is 0 Å². The summed E-state index contributed by atoms with van der Waals surface area (Å²) in [6.45, 7) is 3.55. The summed E-state index contributed by atoms with van der Waals surface area (Å²) < 4.78 is 6.02. The van der Waals surface area contributed by atoms with Crippen molar-refractivity contribution in [3.8, 4) is 0 Å². The van der Waals surface area contributed by atoms with Gasteiger partial charge in [0.15, 0.2) is 0 Å². The lowest BCUT2D eigenvalue weighted by Gasteiger charge is -2.16. The number of rotatable bonds is 5. The maximum atomic E-state index is 11.9. The fourth-order valence-corrected chi connectivity index (χ4v) is 2.46. The fourth-order valence-electron chi connectivity index (χ4n) is 1.93. The lowest BCUT2D eigenvalue weighted by Crippen LogP contribution is -2.32. The molecular weight excluding hydrogens is 298 g/mol. The third kappa shape index (κ3) is 2.33. The number of amides is 1. The van der Waals surface area contributed by atoms with Crippen LogP contribution >= 0.6 is 15.9 Å². The Kier molecular flexibility index (Phi) is 4.14. The lowest BCUT2D eigenvalue weighted by molar-refractivity contribution is -0.114. The molecule has 0 saturated heterocycles. The van der Waals surface area contributed by atoms with E-state index >= 15 is 0 Å². The van der Waals surface area contributed by atoms with Crippen molar-refractivity contribution in [1.82, 2.24) is 0 Å². The maximum absolute atomic E-state index is 11.9. The third-order valence-corrected chi connectivity index (χ3v) is 3.42. The molecule has 0 unspecified atom stereocenters. The molecule has 0 radical (unpaired) electrons. The Labute approximate surface area is 114 Å². The van der Waals surface area contributed by atoms with Gasteiger partial charge in [-0.2, -0.15) is 0 Å². The Morgan fingerprint density at radius 3 is 2.78 bits per heavy atom. The molecule has 96 valence electrons. The summed E-state index contributed by atoms with van der Waals surface area (Å²) in [5.41, 5.74) is 1.12. The van der Waals surface area contributed by atoms with E-state index in [1.165, 1.54) is 4.90 Å². The van der Waals surface area contributed by atoms with Crippen molar-refractivity contribution in [3.05, 3.63) is 28.2 Å². The van der Waals surface area contributed by atoms with E-state index in [2.05, 4.69) is 15.9 Å². The quantitative estimate of drug-likeness (QED) is 0.619. The van der Waals surface area contributed by atoms with E-state index in [1.807, 2.05) is 13.0 Å². The van der Waals surface area contributed by atoms with Crippen molar-refractivity contribution in [1.29, 1.82) is 0 Å². The van der Waals surface area contributed by atoms with Gasteiger partial charge < -0.3 is 9.64 Å². The number of anilines is 1. The maximum Gasteiger partial charge on any atom is 0.299 e. The summed E-state index contributed by atoms with van der Waals surface area (Å²) >= 11 is 3.30. The first-order chi connectivity index (χ1) is 8.66. The average Bonchev–Trinajstić information content (AvgIpc) is 2.60. The third-order valence-electron chi connectivity index (χ3n) is 2.76. The highest BCUT2D eigenvalue weighted by molar-refractivity contribution is 9.10. The van der Waals surface area contributed by atoms with Crippen molar-refractivity contribution in [2.75, 3.05) is 24.7 Å². The Balaban J connectivity index is 2.16. The number of nitrogens with zero attached hydrogens (tertiary/aromatic N) is 1. The second-order valence-electron chi connectivity index (χ2n) is 4.03. The minimum Gasteiger partial charge on any atom is -0.380 e. The van der Waals surface area contributed by atoms with Crippen molar-refractivity contribution in [2.45, 2.75) is 13.3 Å². The second-order valence-corrected chi connectivity index (χ2v) is 4.89. The number of carbonyl (C=O) groups is 2. The number of fused-ring (bicyclic) bond motifs is 1. The molecule has 1 aliphatic rings. The van der Waals surface area contributed by atoms with Gasteiger partial charge in [-0.1, -0.05) is 13.0 Å². The van der Waals surface area contributed by atoms with Crippen LogP contribution in [0.1, 0.15) is 23.7 Å². The van der Waals surface area contributed by atoms with Crippen LogP contribution in [0.5, 0.6) is 0 Å². The van der Waals surface area contributed by atoms with Gasteiger partial charge in [-0.25, -0.2) is 0 Å². The number of hydrogen-bond donors (Lipinski definition) is 0. The summed E-state index contributed by atoms with van der Waals surface area (Å²) in [6, 6.07) is 5.36. The van der Waals surface area contributed by atoms with Crippen molar-refractivity contribution < 1.29 is 14.3 Å². The number of carbonyl (C=O) groups excluding carboxylic acids is 2. The topological polar surface area (TPSA) is 46.6 Å². The summed E-state index contributed by atoms with van der Waals surface area (Å²) in [6.07, 6.45) is 0.939. The number of Topliss-reactive ketones (excluding diaryl/α,β-unsaturated/α-hetero) is 1. The van der Waals surface area contributed by atoms with Crippen molar-refractivity contribution in [2.24, 2.45) is 0 Å². The number of halogens is 1. The highest BCUT2D eigenvalue weighted by Gasteiger charge is 2.36. The average molecular weight is 312 g/mol. The summed E-state index contributed by atoms with van der Waals surface area (Å²) in [5.74, 6) is -0.926. The van der Waals surface area contributed by atoms with Gasteiger partial charge in [0.1, 0.15) is 0 Å². The van der Waals surface area contributed by atoms with Gasteiger partial charge >= 0.3 is 0 Å². The van der Waals surface area contributed by atoms with Gasteiger partial charge in [-0.15, -0.1) is 0 Å². The summed E-state index contributed by atoms with van der Waals surface area (Å²) in [4.78, 5) is 25.2. The molecule has 2 rings (SSSR count). The molecule has 0 spiro atoms. The van der Waals surface area contributed by atoms with Gasteiger partial charge in [-0.05, 0) is 34.5 Å². The van der Waals surface area contributed by atoms with E-state index in [9.17, 15) is 9.59 Å². The lowest BCUT2D eigenvalue weighted by atomic mass is 10.1. The molecule has 1 heterocycles. The largest absolute Gasteiger partial charge is 0.380 e.